The third-order valence-corrected chi connectivity index (χ3v) is 4.39. The van der Waals surface area contributed by atoms with Crippen molar-refractivity contribution in [2.45, 2.75) is 26.8 Å². The van der Waals surface area contributed by atoms with Gasteiger partial charge in [-0.25, -0.2) is 4.79 Å². The molecule has 2 heterocycles. The van der Waals surface area contributed by atoms with Crippen LogP contribution in [0.2, 0.25) is 0 Å². The summed E-state index contributed by atoms with van der Waals surface area (Å²) in [6.45, 7) is 5.96. The quantitative estimate of drug-likeness (QED) is 0.722. The van der Waals surface area contributed by atoms with Crippen LogP contribution >= 0.6 is 0 Å². The van der Waals surface area contributed by atoms with E-state index in [0.717, 1.165) is 17.5 Å². The lowest BCUT2D eigenvalue weighted by Crippen LogP contribution is -2.40. The van der Waals surface area contributed by atoms with Crippen molar-refractivity contribution in [3.8, 4) is 0 Å². The Labute approximate surface area is 148 Å². The van der Waals surface area contributed by atoms with Crippen LogP contribution in [0.5, 0.6) is 0 Å². The fourth-order valence-electron chi connectivity index (χ4n) is 2.95. The molecule has 0 radical (unpaired) electrons. The molecule has 130 valence electrons. The smallest absolute Gasteiger partial charge is 0.317 e. The average molecular weight is 336 g/mol. The Morgan fingerprint density at radius 3 is 2.80 bits per heavy atom. The van der Waals surface area contributed by atoms with E-state index < -0.39 is 0 Å². The standard InChI is InChI=1S/C20H24N4O/c1-3-24(14-16-6-9-21-10-7-16)20(25)22-11-8-17-13-23-19-5-4-15(2)12-18(17)19/h4-7,9-10,12-13,23H,3,8,11,14H2,1-2H3,(H,22,25). The number of pyridine rings is 1. The lowest BCUT2D eigenvalue weighted by molar-refractivity contribution is 0.198. The van der Waals surface area contributed by atoms with Crippen LogP contribution in [0.15, 0.2) is 48.9 Å². The predicted octanol–water partition coefficient (Wildman–Crippen LogP) is 3.65. The first-order chi connectivity index (χ1) is 12.2. The van der Waals surface area contributed by atoms with Gasteiger partial charge in [0.05, 0.1) is 0 Å². The number of hydrogen-bond donors (Lipinski definition) is 2. The first-order valence-corrected chi connectivity index (χ1v) is 8.65. The lowest BCUT2D eigenvalue weighted by Gasteiger charge is -2.21. The number of carbonyl (C=O) groups excluding carboxylic acids is 1. The molecule has 3 aromatic rings. The van der Waals surface area contributed by atoms with E-state index in [-0.39, 0.29) is 6.03 Å². The van der Waals surface area contributed by atoms with Crippen LogP contribution < -0.4 is 5.32 Å². The van der Waals surface area contributed by atoms with Crippen LogP contribution in [0, 0.1) is 6.92 Å². The van der Waals surface area contributed by atoms with E-state index in [0.29, 0.717) is 19.6 Å². The van der Waals surface area contributed by atoms with Gasteiger partial charge in [-0.3, -0.25) is 4.98 Å². The Morgan fingerprint density at radius 2 is 2.04 bits per heavy atom. The number of benzene rings is 1. The van der Waals surface area contributed by atoms with Gasteiger partial charge in [-0.15, -0.1) is 0 Å². The molecule has 0 bridgehead atoms. The minimum absolute atomic E-state index is 0.0321. The largest absolute Gasteiger partial charge is 0.361 e. The molecule has 1 aromatic carbocycles. The normalized spacial score (nSPS) is 10.8. The van der Waals surface area contributed by atoms with E-state index in [1.54, 1.807) is 17.3 Å². The average Bonchev–Trinajstić information content (AvgIpc) is 3.02. The number of carbonyl (C=O) groups is 1. The van der Waals surface area contributed by atoms with Crippen LogP contribution in [0.4, 0.5) is 4.79 Å². The van der Waals surface area contributed by atoms with Crippen LogP contribution in [0.3, 0.4) is 0 Å². The summed E-state index contributed by atoms with van der Waals surface area (Å²) < 4.78 is 0. The monoisotopic (exact) mass is 336 g/mol. The number of hydrogen-bond acceptors (Lipinski definition) is 2. The second kappa shape index (κ2) is 7.83. The second-order valence-corrected chi connectivity index (χ2v) is 6.21. The van der Waals surface area contributed by atoms with Gasteiger partial charge in [0.2, 0.25) is 0 Å². The van der Waals surface area contributed by atoms with Gasteiger partial charge in [-0.1, -0.05) is 11.6 Å². The molecule has 0 fully saturated rings. The number of fused-ring (bicyclic) bond motifs is 1. The van der Waals surface area contributed by atoms with Crippen molar-refractivity contribution >= 4 is 16.9 Å². The Morgan fingerprint density at radius 1 is 1.24 bits per heavy atom. The molecule has 0 saturated heterocycles. The molecule has 3 rings (SSSR count). The van der Waals surface area contributed by atoms with Crippen molar-refractivity contribution in [2.24, 2.45) is 0 Å². The molecule has 0 unspecified atom stereocenters. The third-order valence-electron chi connectivity index (χ3n) is 4.39. The number of nitrogens with zero attached hydrogens (tertiary/aromatic N) is 2. The number of aryl methyl sites for hydroxylation is 1. The summed E-state index contributed by atoms with van der Waals surface area (Å²) in [6.07, 6.45) is 6.34. The highest BCUT2D eigenvalue weighted by Gasteiger charge is 2.12. The molecule has 0 aliphatic rings. The van der Waals surface area contributed by atoms with Gasteiger partial charge in [0.1, 0.15) is 0 Å². The van der Waals surface area contributed by atoms with Gasteiger partial charge < -0.3 is 15.2 Å². The molecule has 5 heteroatoms. The molecule has 2 amide bonds. The van der Waals surface area contributed by atoms with Gasteiger partial charge in [-0.2, -0.15) is 0 Å². The first kappa shape index (κ1) is 17.0. The van der Waals surface area contributed by atoms with Gasteiger partial charge >= 0.3 is 6.03 Å². The zero-order chi connectivity index (χ0) is 17.6. The minimum Gasteiger partial charge on any atom is -0.361 e. The Bertz CT molecular complexity index is 841. The highest BCUT2D eigenvalue weighted by atomic mass is 16.2. The molecular formula is C20H24N4O. The van der Waals surface area contributed by atoms with Crippen molar-refractivity contribution in [1.82, 2.24) is 20.2 Å². The number of aromatic amines is 1. The molecular weight excluding hydrogens is 312 g/mol. The number of rotatable bonds is 6. The molecule has 0 saturated carbocycles. The van der Waals surface area contributed by atoms with Crippen molar-refractivity contribution in [1.29, 1.82) is 0 Å². The maximum atomic E-state index is 12.4. The van der Waals surface area contributed by atoms with Gasteiger partial charge in [0.15, 0.2) is 0 Å². The van der Waals surface area contributed by atoms with Crippen molar-refractivity contribution in [3.05, 3.63) is 65.6 Å². The Hall–Kier alpha value is -2.82. The third kappa shape index (κ3) is 4.18. The summed E-state index contributed by atoms with van der Waals surface area (Å²) in [4.78, 5) is 21.5. The van der Waals surface area contributed by atoms with Crippen molar-refractivity contribution < 1.29 is 4.79 Å². The van der Waals surface area contributed by atoms with Crippen LogP contribution in [-0.4, -0.2) is 34.0 Å². The highest BCUT2D eigenvalue weighted by Crippen LogP contribution is 2.19. The summed E-state index contributed by atoms with van der Waals surface area (Å²) in [5, 5.41) is 4.26. The van der Waals surface area contributed by atoms with Crippen molar-refractivity contribution in [2.75, 3.05) is 13.1 Å². The number of H-pyrrole nitrogens is 1. The maximum Gasteiger partial charge on any atom is 0.317 e. The second-order valence-electron chi connectivity index (χ2n) is 6.21. The fourth-order valence-corrected chi connectivity index (χ4v) is 2.95. The molecule has 0 aliphatic heterocycles. The highest BCUT2D eigenvalue weighted by molar-refractivity contribution is 5.84. The van der Waals surface area contributed by atoms with Gasteiger partial charge in [0, 0.05) is 49.1 Å². The van der Waals surface area contributed by atoms with Crippen LogP contribution in [0.25, 0.3) is 10.9 Å². The van der Waals surface area contributed by atoms with Crippen LogP contribution in [0.1, 0.15) is 23.6 Å². The predicted molar refractivity (Wildman–Crippen MR) is 100 cm³/mol. The van der Waals surface area contributed by atoms with E-state index in [1.807, 2.05) is 25.3 Å². The minimum atomic E-state index is -0.0321. The molecule has 0 spiro atoms. The molecule has 2 N–H and O–H groups in total. The number of nitrogens with one attached hydrogen (secondary N) is 2. The SMILES string of the molecule is CCN(Cc1ccncc1)C(=O)NCCc1c[nH]c2ccc(C)cc12. The zero-order valence-electron chi connectivity index (χ0n) is 14.7. The Balaban J connectivity index is 1.56. The molecule has 0 aliphatic carbocycles. The van der Waals surface area contributed by atoms with E-state index in [9.17, 15) is 4.79 Å². The van der Waals surface area contributed by atoms with Gasteiger partial charge in [0.25, 0.3) is 0 Å². The summed E-state index contributed by atoms with van der Waals surface area (Å²) in [6, 6.07) is 10.2. The number of aromatic nitrogens is 2. The zero-order valence-corrected chi connectivity index (χ0v) is 14.7. The topological polar surface area (TPSA) is 61.0 Å². The molecule has 25 heavy (non-hydrogen) atoms. The van der Waals surface area contributed by atoms with Crippen LogP contribution in [-0.2, 0) is 13.0 Å². The Kier molecular flexibility index (Phi) is 5.33. The summed E-state index contributed by atoms with van der Waals surface area (Å²) in [5.41, 5.74) is 4.70. The van der Waals surface area contributed by atoms with E-state index in [2.05, 4.69) is 40.4 Å². The molecule has 0 atom stereocenters. The van der Waals surface area contributed by atoms with E-state index in [1.165, 1.54) is 16.5 Å². The fraction of sp³-hybridized carbons (Fsp3) is 0.300. The van der Waals surface area contributed by atoms with E-state index >= 15 is 0 Å². The molecule has 2 aromatic heterocycles. The van der Waals surface area contributed by atoms with Gasteiger partial charge in [-0.05, 0) is 55.7 Å². The maximum absolute atomic E-state index is 12.4. The number of urea groups is 1. The number of amides is 2. The lowest BCUT2D eigenvalue weighted by atomic mass is 10.1. The summed E-state index contributed by atoms with van der Waals surface area (Å²) in [5.74, 6) is 0. The first-order valence-electron chi connectivity index (χ1n) is 8.65. The van der Waals surface area contributed by atoms with E-state index in [4.69, 9.17) is 0 Å². The van der Waals surface area contributed by atoms with Crippen molar-refractivity contribution in [3.63, 3.8) is 0 Å². The summed E-state index contributed by atoms with van der Waals surface area (Å²) in [7, 11) is 0. The molecule has 5 nitrogen and oxygen atoms in total. The summed E-state index contributed by atoms with van der Waals surface area (Å²) >= 11 is 0.